The number of halogens is 1. The molecule has 2 heterocycles. The van der Waals surface area contributed by atoms with E-state index in [9.17, 15) is 9.59 Å². The van der Waals surface area contributed by atoms with Crippen molar-refractivity contribution in [3.8, 4) is 11.5 Å². The van der Waals surface area contributed by atoms with Crippen molar-refractivity contribution in [2.24, 2.45) is 13.0 Å². The summed E-state index contributed by atoms with van der Waals surface area (Å²) in [5.41, 5.74) is 2.55. The summed E-state index contributed by atoms with van der Waals surface area (Å²) >= 11 is 6.26. The molecule has 1 aromatic heterocycles. The minimum absolute atomic E-state index is 0.251. The van der Waals surface area contributed by atoms with Gasteiger partial charge in [0.1, 0.15) is 11.5 Å². The minimum atomic E-state index is -0.329. The fraction of sp³-hybridized carbons (Fsp3) is 0.440. The van der Waals surface area contributed by atoms with Crippen molar-refractivity contribution in [2.45, 2.75) is 37.8 Å². The smallest absolute Gasteiger partial charge is 0.331 e. The summed E-state index contributed by atoms with van der Waals surface area (Å²) in [6.45, 7) is 1.26. The molecule has 5 rings (SSSR count). The number of aryl methyl sites for hydroxylation is 1. The van der Waals surface area contributed by atoms with Gasteiger partial charge in [-0.25, -0.2) is 4.79 Å². The molecule has 1 fully saturated rings. The highest BCUT2D eigenvalue weighted by molar-refractivity contribution is 6.32. The molecule has 0 spiro atoms. The number of methoxy groups -OCH3 is 2. The third-order valence-corrected chi connectivity index (χ3v) is 7.73. The fourth-order valence-electron chi connectivity index (χ4n) is 5.75. The maximum atomic E-state index is 13.2. The second-order valence-electron chi connectivity index (χ2n) is 8.94. The predicted molar refractivity (Wildman–Crippen MR) is 129 cm³/mol. The van der Waals surface area contributed by atoms with Crippen molar-refractivity contribution in [3.05, 3.63) is 67.3 Å². The highest BCUT2D eigenvalue weighted by Crippen LogP contribution is 2.44. The molecule has 0 amide bonds. The van der Waals surface area contributed by atoms with Crippen LogP contribution in [-0.4, -0.2) is 35.9 Å². The van der Waals surface area contributed by atoms with E-state index in [0.717, 1.165) is 25.1 Å². The summed E-state index contributed by atoms with van der Waals surface area (Å²) in [4.78, 5) is 26.2. The van der Waals surface area contributed by atoms with Gasteiger partial charge in [-0.1, -0.05) is 23.7 Å². The van der Waals surface area contributed by atoms with Gasteiger partial charge in [0.15, 0.2) is 0 Å². The highest BCUT2D eigenvalue weighted by atomic mass is 35.5. The Hall–Kier alpha value is -2.77. The molecular weight excluding hydrogens is 442 g/mol. The largest absolute Gasteiger partial charge is 0.496 e. The summed E-state index contributed by atoms with van der Waals surface area (Å²) in [5.74, 6) is 2.31. The van der Waals surface area contributed by atoms with Crippen LogP contribution in [0.3, 0.4) is 0 Å². The molecule has 1 aliphatic carbocycles. The average molecular weight is 470 g/mol. The molecule has 3 aromatic rings. The Morgan fingerprint density at radius 1 is 1.15 bits per heavy atom. The van der Waals surface area contributed by atoms with Gasteiger partial charge >= 0.3 is 5.69 Å². The first-order chi connectivity index (χ1) is 15.9. The standard InChI is InChI=1S/C25H28ClN3O4/c1-28-21-12-23(33-3)19(26)11-17(21)24(30)29(25(28)31)10-9-20-15-7-8-16-14(18(15)13-27-20)5-4-6-22(16)32-2/h4-6,11-12,15,18,20,27H,7-10,13H2,1-3H3/t15-,18+,20?/m1/s1. The van der Waals surface area contributed by atoms with Gasteiger partial charge in [0.05, 0.1) is 30.1 Å². The van der Waals surface area contributed by atoms with Crippen LogP contribution in [0.2, 0.25) is 5.02 Å². The van der Waals surface area contributed by atoms with Crippen LogP contribution in [0, 0.1) is 5.92 Å². The summed E-state index contributed by atoms with van der Waals surface area (Å²) in [5, 5.41) is 4.43. The molecule has 2 aromatic carbocycles. The molecule has 1 saturated heterocycles. The maximum absolute atomic E-state index is 13.2. The quantitative estimate of drug-likeness (QED) is 0.621. The van der Waals surface area contributed by atoms with Crippen LogP contribution < -0.4 is 26.0 Å². The van der Waals surface area contributed by atoms with Crippen molar-refractivity contribution < 1.29 is 9.47 Å². The van der Waals surface area contributed by atoms with Gasteiger partial charge in [-0.15, -0.1) is 0 Å². The molecule has 174 valence electrons. The van der Waals surface area contributed by atoms with E-state index < -0.39 is 0 Å². The van der Waals surface area contributed by atoms with Gasteiger partial charge < -0.3 is 14.8 Å². The second-order valence-corrected chi connectivity index (χ2v) is 9.35. The van der Waals surface area contributed by atoms with E-state index in [1.165, 1.54) is 27.4 Å². The lowest BCUT2D eigenvalue weighted by Gasteiger charge is -2.31. The molecule has 7 nitrogen and oxygen atoms in total. The second kappa shape index (κ2) is 8.54. The number of nitrogens with one attached hydrogen (secondary N) is 1. The van der Waals surface area contributed by atoms with Crippen LogP contribution in [-0.2, 0) is 20.0 Å². The Bertz CT molecular complexity index is 1350. The summed E-state index contributed by atoms with van der Waals surface area (Å²) < 4.78 is 13.6. The summed E-state index contributed by atoms with van der Waals surface area (Å²) in [6, 6.07) is 9.78. The van der Waals surface area contributed by atoms with Crippen molar-refractivity contribution in [3.63, 3.8) is 0 Å². The first kappa shape index (κ1) is 22.0. The molecule has 0 saturated carbocycles. The summed E-state index contributed by atoms with van der Waals surface area (Å²) in [6.07, 6.45) is 2.76. The number of aromatic nitrogens is 2. The lowest BCUT2D eigenvalue weighted by atomic mass is 9.74. The highest BCUT2D eigenvalue weighted by Gasteiger charge is 2.40. The van der Waals surface area contributed by atoms with Gasteiger partial charge in [0.25, 0.3) is 5.56 Å². The Morgan fingerprint density at radius 3 is 2.70 bits per heavy atom. The zero-order valence-electron chi connectivity index (χ0n) is 19.1. The Labute approximate surface area is 196 Å². The maximum Gasteiger partial charge on any atom is 0.331 e. The minimum Gasteiger partial charge on any atom is -0.496 e. The normalized spacial score (nSPS) is 21.6. The van der Waals surface area contributed by atoms with Gasteiger partial charge in [-0.3, -0.25) is 13.9 Å². The molecule has 0 radical (unpaired) electrons. The van der Waals surface area contributed by atoms with Gasteiger partial charge in [0.2, 0.25) is 0 Å². The van der Waals surface area contributed by atoms with Gasteiger partial charge in [-0.2, -0.15) is 0 Å². The fourth-order valence-corrected chi connectivity index (χ4v) is 5.99. The van der Waals surface area contributed by atoms with E-state index in [2.05, 4.69) is 17.4 Å². The molecule has 1 aliphatic heterocycles. The first-order valence-electron chi connectivity index (χ1n) is 11.3. The molecule has 3 atom stereocenters. The van der Waals surface area contributed by atoms with Crippen molar-refractivity contribution in [1.82, 2.24) is 14.5 Å². The molecule has 8 heteroatoms. The van der Waals surface area contributed by atoms with Crippen molar-refractivity contribution in [2.75, 3.05) is 20.8 Å². The zero-order valence-corrected chi connectivity index (χ0v) is 19.8. The van der Waals surface area contributed by atoms with E-state index in [4.69, 9.17) is 21.1 Å². The average Bonchev–Trinajstić information content (AvgIpc) is 3.25. The van der Waals surface area contributed by atoms with E-state index in [1.807, 2.05) is 6.07 Å². The zero-order chi connectivity index (χ0) is 23.3. The first-order valence-corrected chi connectivity index (χ1v) is 11.7. The number of hydrogen-bond donors (Lipinski definition) is 1. The Morgan fingerprint density at radius 2 is 1.94 bits per heavy atom. The SMILES string of the molecule is COc1cc2c(cc1Cl)c(=O)n(CCC1NC[C@H]3c4cccc(OC)c4CC[C@@H]13)c(=O)n2C. The van der Waals surface area contributed by atoms with Crippen LogP contribution in [0.4, 0.5) is 0 Å². The van der Waals surface area contributed by atoms with E-state index >= 15 is 0 Å². The number of hydrogen-bond acceptors (Lipinski definition) is 5. The molecule has 1 N–H and O–H groups in total. The third-order valence-electron chi connectivity index (χ3n) is 7.44. The topological polar surface area (TPSA) is 74.5 Å². The van der Waals surface area contributed by atoms with Crippen LogP contribution in [0.5, 0.6) is 11.5 Å². The Balaban J connectivity index is 1.42. The van der Waals surface area contributed by atoms with E-state index in [0.29, 0.717) is 46.5 Å². The number of nitrogens with zero attached hydrogens (tertiary/aromatic N) is 2. The van der Waals surface area contributed by atoms with Crippen LogP contribution in [0.25, 0.3) is 10.9 Å². The number of ether oxygens (including phenoxy) is 2. The molecular formula is C25H28ClN3O4. The van der Waals surface area contributed by atoms with Crippen LogP contribution in [0.1, 0.15) is 29.9 Å². The van der Waals surface area contributed by atoms with Crippen LogP contribution in [0.15, 0.2) is 39.9 Å². The number of fused-ring (bicyclic) bond motifs is 4. The lowest BCUT2D eigenvalue weighted by molar-refractivity contribution is 0.337. The Kier molecular flexibility index (Phi) is 5.70. The van der Waals surface area contributed by atoms with Crippen molar-refractivity contribution in [1.29, 1.82) is 0 Å². The van der Waals surface area contributed by atoms with Gasteiger partial charge in [0, 0.05) is 38.2 Å². The van der Waals surface area contributed by atoms with Crippen molar-refractivity contribution >= 4 is 22.5 Å². The number of rotatable bonds is 5. The van der Waals surface area contributed by atoms with Crippen LogP contribution >= 0.6 is 11.6 Å². The monoisotopic (exact) mass is 469 g/mol. The predicted octanol–water partition coefficient (Wildman–Crippen LogP) is 3.08. The lowest BCUT2D eigenvalue weighted by Crippen LogP contribution is -2.41. The molecule has 33 heavy (non-hydrogen) atoms. The van der Waals surface area contributed by atoms with E-state index in [1.54, 1.807) is 26.3 Å². The molecule has 0 bridgehead atoms. The molecule has 2 aliphatic rings. The number of benzene rings is 2. The third kappa shape index (κ3) is 3.54. The summed E-state index contributed by atoms with van der Waals surface area (Å²) in [7, 11) is 4.90. The van der Waals surface area contributed by atoms with Gasteiger partial charge in [-0.05, 0) is 48.4 Å². The molecule has 1 unspecified atom stereocenters. The van der Waals surface area contributed by atoms with E-state index in [-0.39, 0.29) is 17.3 Å².